The van der Waals surface area contributed by atoms with E-state index in [9.17, 15) is 5.11 Å². The Balaban J connectivity index is 1.59. The summed E-state index contributed by atoms with van der Waals surface area (Å²) in [6, 6.07) is 19.1. The van der Waals surface area contributed by atoms with E-state index in [1.54, 1.807) is 0 Å². The van der Waals surface area contributed by atoms with Gasteiger partial charge in [0.15, 0.2) is 0 Å². The zero-order valence-electron chi connectivity index (χ0n) is 14.2. The minimum atomic E-state index is -0.783. The molecule has 0 amide bonds. The zero-order valence-corrected chi connectivity index (χ0v) is 14.2. The van der Waals surface area contributed by atoms with Crippen LogP contribution in [0.2, 0.25) is 0 Å². The molecule has 1 saturated carbocycles. The molecule has 126 valence electrons. The van der Waals surface area contributed by atoms with E-state index in [-0.39, 0.29) is 6.04 Å². The number of aromatic nitrogens is 1. The second-order valence-corrected chi connectivity index (χ2v) is 7.42. The van der Waals surface area contributed by atoms with Gasteiger partial charge < -0.3 is 10.0 Å². The first-order valence-corrected chi connectivity index (χ1v) is 9.14. The number of hydrogen-bond acceptors (Lipinski definition) is 3. The lowest BCUT2D eigenvalue weighted by Crippen LogP contribution is -2.46. The van der Waals surface area contributed by atoms with Crippen LogP contribution in [0.15, 0.2) is 67.0 Å². The molecule has 0 unspecified atom stereocenters. The van der Waals surface area contributed by atoms with Crippen LogP contribution in [0.3, 0.4) is 0 Å². The fraction of sp³-hybridized carbons (Fsp3) is 0.318. The maximum absolute atomic E-state index is 11.8. The van der Waals surface area contributed by atoms with Crippen LogP contribution in [-0.4, -0.2) is 22.7 Å². The van der Waals surface area contributed by atoms with Gasteiger partial charge in [0, 0.05) is 24.6 Å². The molecule has 3 aromatic rings. The predicted molar refractivity (Wildman–Crippen MR) is 101 cm³/mol. The van der Waals surface area contributed by atoms with Crippen LogP contribution in [-0.2, 0) is 5.60 Å². The Kier molecular flexibility index (Phi) is 3.32. The third-order valence-electron chi connectivity index (χ3n) is 6.15. The van der Waals surface area contributed by atoms with Gasteiger partial charge in [-0.25, -0.2) is 0 Å². The summed E-state index contributed by atoms with van der Waals surface area (Å²) >= 11 is 0. The standard InChI is InChI=1S/C22H22N2O/c25-22(19-6-5-16-3-1-2-4-18(16)15-19)11-7-17-10-14-24(21(17)22)20-8-12-23-13-9-20/h1-6,8-9,12-13,15,17,21,25H,7,10-11,14H2/t17-,21+,22+/m1/s1. The summed E-state index contributed by atoms with van der Waals surface area (Å²) in [5.74, 6) is 0.560. The highest BCUT2D eigenvalue weighted by Crippen LogP contribution is 2.50. The van der Waals surface area contributed by atoms with Crippen LogP contribution in [0, 0.1) is 5.92 Å². The van der Waals surface area contributed by atoms with Crippen LogP contribution in [0.1, 0.15) is 24.8 Å². The quantitative estimate of drug-likeness (QED) is 0.768. The van der Waals surface area contributed by atoms with Crippen LogP contribution >= 0.6 is 0 Å². The average molecular weight is 330 g/mol. The fourth-order valence-electron chi connectivity index (χ4n) is 4.96. The highest BCUT2D eigenvalue weighted by molar-refractivity contribution is 5.83. The van der Waals surface area contributed by atoms with Crippen molar-refractivity contribution < 1.29 is 5.11 Å². The number of rotatable bonds is 2. The van der Waals surface area contributed by atoms with Gasteiger partial charge in [0.2, 0.25) is 0 Å². The minimum absolute atomic E-state index is 0.149. The second kappa shape index (κ2) is 5.57. The average Bonchev–Trinajstić information content (AvgIpc) is 3.24. The van der Waals surface area contributed by atoms with E-state index in [0.717, 1.165) is 31.4 Å². The Bertz CT molecular complexity index is 910. The highest BCUT2D eigenvalue weighted by Gasteiger charge is 2.54. The van der Waals surface area contributed by atoms with Crippen LogP contribution in [0.4, 0.5) is 5.69 Å². The maximum atomic E-state index is 11.8. The molecule has 0 spiro atoms. The molecule has 0 radical (unpaired) electrons. The summed E-state index contributed by atoms with van der Waals surface area (Å²) in [5.41, 5.74) is 1.44. The summed E-state index contributed by atoms with van der Waals surface area (Å²) in [4.78, 5) is 6.54. The monoisotopic (exact) mass is 330 g/mol. The number of aliphatic hydroxyl groups is 1. The molecule has 25 heavy (non-hydrogen) atoms. The number of pyridine rings is 1. The van der Waals surface area contributed by atoms with E-state index in [1.807, 2.05) is 12.4 Å². The van der Waals surface area contributed by atoms with Crippen molar-refractivity contribution in [2.45, 2.75) is 30.9 Å². The highest BCUT2D eigenvalue weighted by atomic mass is 16.3. The van der Waals surface area contributed by atoms with Crippen molar-refractivity contribution in [3.8, 4) is 0 Å². The summed E-state index contributed by atoms with van der Waals surface area (Å²) in [6.45, 7) is 1.01. The number of hydrogen-bond donors (Lipinski definition) is 1. The minimum Gasteiger partial charge on any atom is -0.383 e. The summed E-state index contributed by atoms with van der Waals surface area (Å²) < 4.78 is 0. The molecule has 1 aliphatic carbocycles. The van der Waals surface area contributed by atoms with Crippen LogP contribution < -0.4 is 4.90 Å². The van der Waals surface area contributed by atoms with Gasteiger partial charge in [-0.05, 0) is 59.7 Å². The smallest absolute Gasteiger partial charge is 0.110 e. The third-order valence-corrected chi connectivity index (χ3v) is 6.15. The Morgan fingerprint density at radius 3 is 2.60 bits per heavy atom. The van der Waals surface area contributed by atoms with Gasteiger partial charge in [0.25, 0.3) is 0 Å². The van der Waals surface area contributed by atoms with E-state index in [1.165, 1.54) is 16.5 Å². The Morgan fingerprint density at radius 2 is 1.76 bits per heavy atom. The van der Waals surface area contributed by atoms with Gasteiger partial charge in [-0.15, -0.1) is 0 Å². The first kappa shape index (κ1) is 14.9. The number of nitrogens with zero attached hydrogens (tertiary/aromatic N) is 2. The van der Waals surface area contributed by atoms with Gasteiger partial charge in [-0.1, -0.05) is 36.4 Å². The summed E-state index contributed by atoms with van der Waals surface area (Å²) in [6.07, 6.45) is 6.76. The van der Waals surface area contributed by atoms with Crippen molar-refractivity contribution in [2.75, 3.05) is 11.4 Å². The van der Waals surface area contributed by atoms with E-state index in [0.29, 0.717) is 5.92 Å². The first-order chi connectivity index (χ1) is 12.3. The largest absolute Gasteiger partial charge is 0.383 e. The molecule has 2 fully saturated rings. The molecular formula is C22H22N2O. The molecule has 3 atom stereocenters. The van der Waals surface area contributed by atoms with Crippen molar-refractivity contribution in [3.63, 3.8) is 0 Å². The van der Waals surface area contributed by atoms with E-state index in [4.69, 9.17) is 0 Å². The Morgan fingerprint density at radius 1 is 0.960 bits per heavy atom. The molecule has 3 heteroatoms. The molecule has 0 bridgehead atoms. The number of anilines is 1. The van der Waals surface area contributed by atoms with Crippen LogP contribution in [0.5, 0.6) is 0 Å². The molecular weight excluding hydrogens is 308 g/mol. The molecule has 2 aliphatic rings. The molecule has 1 aliphatic heterocycles. The van der Waals surface area contributed by atoms with Gasteiger partial charge >= 0.3 is 0 Å². The van der Waals surface area contributed by atoms with Crippen LogP contribution in [0.25, 0.3) is 10.8 Å². The Hall–Kier alpha value is -2.39. The third kappa shape index (κ3) is 2.26. The van der Waals surface area contributed by atoms with Gasteiger partial charge in [0.05, 0.1) is 6.04 Å². The van der Waals surface area contributed by atoms with Gasteiger partial charge in [0.1, 0.15) is 5.60 Å². The van der Waals surface area contributed by atoms with Crippen molar-refractivity contribution in [1.82, 2.24) is 4.98 Å². The molecule has 2 heterocycles. The van der Waals surface area contributed by atoms with Gasteiger partial charge in [-0.2, -0.15) is 0 Å². The van der Waals surface area contributed by atoms with E-state index < -0.39 is 5.60 Å². The van der Waals surface area contributed by atoms with Crippen molar-refractivity contribution >= 4 is 16.5 Å². The maximum Gasteiger partial charge on any atom is 0.110 e. The molecule has 1 saturated heterocycles. The molecule has 1 N–H and O–H groups in total. The zero-order chi connectivity index (χ0) is 16.9. The van der Waals surface area contributed by atoms with Gasteiger partial charge in [-0.3, -0.25) is 4.98 Å². The van der Waals surface area contributed by atoms with E-state index in [2.05, 4.69) is 64.5 Å². The topological polar surface area (TPSA) is 36.4 Å². The summed E-state index contributed by atoms with van der Waals surface area (Å²) in [7, 11) is 0. The van der Waals surface area contributed by atoms with Crippen molar-refractivity contribution in [3.05, 3.63) is 72.6 Å². The molecule has 1 aromatic heterocycles. The van der Waals surface area contributed by atoms with E-state index >= 15 is 0 Å². The Labute approximate surface area is 147 Å². The molecule has 2 aromatic carbocycles. The first-order valence-electron chi connectivity index (χ1n) is 9.14. The lowest BCUT2D eigenvalue weighted by molar-refractivity contribution is 0.0250. The summed E-state index contributed by atoms with van der Waals surface area (Å²) in [5, 5.41) is 14.2. The lowest BCUT2D eigenvalue weighted by atomic mass is 9.85. The normalized spacial score (nSPS) is 28.4. The number of benzene rings is 2. The molecule has 3 nitrogen and oxygen atoms in total. The number of fused-ring (bicyclic) bond motifs is 2. The SMILES string of the molecule is O[C@]1(c2ccc3ccccc3c2)CC[C@@H]2CCN(c3ccncc3)[C@@H]21. The fourth-order valence-corrected chi connectivity index (χ4v) is 4.96. The second-order valence-electron chi connectivity index (χ2n) is 7.42. The predicted octanol–water partition coefficient (Wildman–Crippen LogP) is 4.11. The van der Waals surface area contributed by atoms with Crippen molar-refractivity contribution in [2.24, 2.45) is 5.92 Å². The molecule has 5 rings (SSSR count). The lowest BCUT2D eigenvalue weighted by Gasteiger charge is -2.38. The van der Waals surface area contributed by atoms with Crippen molar-refractivity contribution in [1.29, 1.82) is 0 Å².